The van der Waals surface area contributed by atoms with Crippen molar-refractivity contribution < 1.29 is 4.79 Å². The Morgan fingerprint density at radius 3 is 3.00 bits per heavy atom. The Kier molecular flexibility index (Phi) is 1.39. The highest BCUT2D eigenvalue weighted by molar-refractivity contribution is 5.97. The van der Waals surface area contributed by atoms with E-state index in [9.17, 15) is 4.79 Å². The highest BCUT2D eigenvalue weighted by Gasteiger charge is 2.15. The zero-order valence-corrected chi connectivity index (χ0v) is 5.92. The van der Waals surface area contributed by atoms with Crippen LogP contribution in [0.2, 0.25) is 0 Å². The molecule has 1 heterocycles. The van der Waals surface area contributed by atoms with Gasteiger partial charge in [-0.1, -0.05) is 18.2 Å². The van der Waals surface area contributed by atoms with Crippen molar-refractivity contribution in [1.29, 1.82) is 0 Å². The summed E-state index contributed by atoms with van der Waals surface area (Å²) < 4.78 is 0. The van der Waals surface area contributed by atoms with Gasteiger partial charge in [0.1, 0.15) is 0 Å². The smallest absolute Gasteiger partial charge is 0.252 e. The van der Waals surface area contributed by atoms with Crippen LogP contribution >= 0.6 is 0 Å². The SMILES string of the molecule is O=C1N[C]Cc2ccccc21. The number of carbonyl (C=O) groups is 1. The molecule has 1 amide bonds. The Bertz CT molecular complexity index is 293. The quantitative estimate of drug-likeness (QED) is 0.580. The Balaban J connectivity index is 2.52. The maximum atomic E-state index is 11.1. The van der Waals surface area contributed by atoms with Crippen LogP contribution in [0.15, 0.2) is 24.3 Å². The van der Waals surface area contributed by atoms with E-state index in [2.05, 4.69) is 11.9 Å². The summed E-state index contributed by atoms with van der Waals surface area (Å²) in [5, 5.41) is 2.55. The molecule has 0 bridgehead atoms. The molecule has 1 aliphatic rings. The van der Waals surface area contributed by atoms with Gasteiger partial charge in [-0.2, -0.15) is 0 Å². The van der Waals surface area contributed by atoms with E-state index < -0.39 is 0 Å². The van der Waals surface area contributed by atoms with Gasteiger partial charge < -0.3 is 5.32 Å². The van der Waals surface area contributed by atoms with E-state index in [1.54, 1.807) is 0 Å². The van der Waals surface area contributed by atoms with Crippen molar-refractivity contribution in [2.24, 2.45) is 0 Å². The fraction of sp³-hybridized carbons (Fsp3) is 0.111. The minimum absolute atomic E-state index is 0.0492. The lowest BCUT2D eigenvalue weighted by Crippen LogP contribution is -2.27. The van der Waals surface area contributed by atoms with E-state index >= 15 is 0 Å². The van der Waals surface area contributed by atoms with Crippen molar-refractivity contribution in [3.8, 4) is 0 Å². The second kappa shape index (κ2) is 2.38. The van der Waals surface area contributed by atoms with Crippen LogP contribution in [0.3, 0.4) is 0 Å². The van der Waals surface area contributed by atoms with E-state index in [1.165, 1.54) is 0 Å². The second-order valence-electron chi connectivity index (χ2n) is 2.46. The molecule has 2 radical (unpaired) electrons. The van der Waals surface area contributed by atoms with Crippen LogP contribution in [-0.4, -0.2) is 5.91 Å². The topological polar surface area (TPSA) is 29.1 Å². The van der Waals surface area contributed by atoms with Gasteiger partial charge in [0.15, 0.2) is 0 Å². The Morgan fingerprint density at radius 2 is 2.18 bits per heavy atom. The number of carbonyl (C=O) groups excluding carboxylic acids is 1. The fourth-order valence-corrected chi connectivity index (χ4v) is 1.18. The third-order valence-electron chi connectivity index (χ3n) is 1.74. The zero-order chi connectivity index (χ0) is 7.68. The highest BCUT2D eigenvalue weighted by Crippen LogP contribution is 2.13. The first-order valence-electron chi connectivity index (χ1n) is 3.49. The van der Waals surface area contributed by atoms with Crippen LogP contribution in [0.5, 0.6) is 0 Å². The van der Waals surface area contributed by atoms with Crippen LogP contribution in [-0.2, 0) is 6.42 Å². The minimum Gasteiger partial charge on any atom is -0.341 e. The number of rotatable bonds is 0. The molecule has 0 spiro atoms. The summed E-state index contributed by atoms with van der Waals surface area (Å²) in [6, 6.07) is 7.56. The van der Waals surface area contributed by atoms with E-state index in [1.807, 2.05) is 24.3 Å². The number of hydrogen-bond acceptors (Lipinski definition) is 1. The molecule has 1 aromatic rings. The zero-order valence-electron chi connectivity index (χ0n) is 5.92. The summed E-state index contributed by atoms with van der Waals surface area (Å²) in [7, 11) is 0. The largest absolute Gasteiger partial charge is 0.341 e. The van der Waals surface area contributed by atoms with Crippen molar-refractivity contribution >= 4 is 5.91 Å². The molecule has 0 atom stereocenters. The molecular formula is C9H7NO. The normalized spacial score (nSPS) is 15.5. The summed E-state index contributed by atoms with van der Waals surface area (Å²) in [5.41, 5.74) is 1.82. The highest BCUT2D eigenvalue weighted by atomic mass is 16.1. The summed E-state index contributed by atoms with van der Waals surface area (Å²) >= 11 is 0. The lowest BCUT2D eigenvalue weighted by Gasteiger charge is -2.13. The van der Waals surface area contributed by atoms with Gasteiger partial charge >= 0.3 is 0 Å². The Hall–Kier alpha value is -1.31. The van der Waals surface area contributed by atoms with Crippen molar-refractivity contribution in [3.05, 3.63) is 41.9 Å². The standard InChI is InChI=1S/C9H7NO/c11-9-8-4-2-1-3-7(8)5-6-10-9/h1-4H,5H2,(H,10,11). The number of benzene rings is 1. The lowest BCUT2D eigenvalue weighted by molar-refractivity contribution is 0.0957. The number of fused-ring (bicyclic) bond motifs is 1. The summed E-state index contributed by atoms with van der Waals surface area (Å²) in [6.07, 6.45) is 0.710. The molecule has 11 heavy (non-hydrogen) atoms. The van der Waals surface area contributed by atoms with Gasteiger partial charge in [0, 0.05) is 12.0 Å². The summed E-state index contributed by atoms with van der Waals surface area (Å²) in [6.45, 7) is 2.79. The molecular weight excluding hydrogens is 138 g/mol. The van der Waals surface area contributed by atoms with Gasteiger partial charge in [-0.3, -0.25) is 4.79 Å². The monoisotopic (exact) mass is 145 g/mol. The van der Waals surface area contributed by atoms with Crippen molar-refractivity contribution in [3.63, 3.8) is 0 Å². The van der Waals surface area contributed by atoms with E-state index in [4.69, 9.17) is 0 Å². The third-order valence-corrected chi connectivity index (χ3v) is 1.74. The predicted molar refractivity (Wildman–Crippen MR) is 40.9 cm³/mol. The number of amides is 1. The van der Waals surface area contributed by atoms with Crippen molar-refractivity contribution in [2.75, 3.05) is 0 Å². The summed E-state index contributed by atoms with van der Waals surface area (Å²) in [4.78, 5) is 11.1. The molecule has 1 N–H and O–H groups in total. The van der Waals surface area contributed by atoms with Gasteiger partial charge in [-0.25, -0.2) is 0 Å². The molecule has 2 nitrogen and oxygen atoms in total. The molecule has 0 unspecified atom stereocenters. The Labute approximate surface area is 65.2 Å². The maximum Gasteiger partial charge on any atom is 0.252 e. The Morgan fingerprint density at radius 1 is 1.36 bits per heavy atom. The summed E-state index contributed by atoms with van der Waals surface area (Å²) in [5.74, 6) is -0.0492. The van der Waals surface area contributed by atoms with Gasteiger partial charge in [-0.05, 0) is 11.6 Å². The maximum absolute atomic E-state index is 11.1. The molecule has 54 valence electrons. The van der Waals surface area contributed by atoms with Gasteiger partial charge in [0.25, 0.3) is 5.91 Å². The molecule has 0 saturated carbocycles. The third kappa shape index (κ3) is 1.00. The fourth-order valence-electron chi connectivity index (χ4n) is 1.18. The van der Waals surface area contributed by atoms with E-state index in [0.717, 1.165) is 11.1 Å². The van der Waals surface area contributed by atoms with E-state index in [0.29, 0.717) is 6.42 Å². The molecule has 2 rings (SSSR count). The minimum atomic E-state index is -0.0492. The molecule has 0 fully saturated rings. The molecule has 1 aliphatic heterocycles. The lowest BCUT2D eigenvalue weighted by atomic mass is 10.0. The van der Waals surface area contributed by atoms with Crippen LogP contribution in [0.25, 0.3) is 0 Å². The number of hydrogen-bond donors (Lipinski definition) is 1. The van der Waals surface area contributed by atoms with Gasteiger partial charge in [0.2, 0.25) is 0 Å². The molecule has 0 aromatic heterocycles. The average Bonchev–Trinajstić information content (AvgIpc) is 2.06. The predicted octanol–water partition coefficient (Wildman–Crippen LogP) is 1.01. The first kappa shape index (κ1) is 6.40. The molecule has 0 aliphatic carbocycles. The van der Waals surface area contributed by atoms with Crippen molar-refractivity contribution in [2.45, 2.75) is 6.42 Å². The first-order chi connectivity index (χ1) is 5.38. The van der Waals surface area contributed by atoms with Crippen molar-refractivity contribution in [1.82, 2.24) is 5.32 Å². The van der Waals surface area contributed by atoms with Crippen LogP contribution in [0.4, 0.5) is 0 Å². The van der Waals surface area contributed by atoms with Crippen LogP contribution < -0.4 is 5.32 Å². The molecule has 2 heteroatoms. The van der Waals surface area contributed by atoms with Gasteiger partial charge in [0.05, 0.1) is 6.54 Å². The van der Waals surface area contributed by atoms with Gasteiger partial charge in [-0.15, -0.1) is 0 Å². The number of nitrogens with one attached hydrogen (secondary N) is 1. The van der Waals surface area contributed by atoms with E-state index in [-0.39, 0.29) is 5.91 Å². The van der Waals surface area contributed by atoms with Crippen LogP contribution in [0, 0.1) is 6.54 Å². The molecule has 1 aromatic carbocycles. The average molecular weight is 145 g/mol. The first-order valence-corrected chi connectivity index (χ1v) is 3.49. The second-order valence-corrected chi connectivity index (χ2v) is 2.46. The molecule has 0 saturated heterocycles. The van der Waals surface area contributed by atoms with Crippen LogP contribution in [0.1, 0.15) is 15.9 Å².